The highest BCUT2D eigenvalue weighted by atomic mass is 127. The summed E-state index contributed by atoms with van der Waals surface area (Å²) in [6.45, 7) is 9.12. The number of nitrogens with zero attached hydrogens (tertiary/aromatic N) is 1. The fourth-order valence-electron chi connectivity index (χ4n) is 9.13. The highest BCUT2D eigenvalue weighted by molar-refractivity contribution is 14.1. The molecule has 3 aromatic rings. The number of hydrogen-bond acceptors (Lipinski definition) is 4. The van der Waals surface area contributed by atoms with Crippen molar-refractivity contribution in [1.82, 2.24) is 0 Å². The molecular weight excluding hydrogens is 713 g/mol. The van der Waals surface area contributed by atoms with Crippen LogP contribution in [-0.2, 0) is 0 Å². The number of nitrogens with two attached hydrogens (primary N) is 1. The van der Waals surface area contributed by atoms with Crippen LogP contribution in [0.4, 0.5) is 11.4 Å². The Balaban J connectivity index is 1.48. The van der Waals surface area contributed by atoms with Gasteiger partial charge in [-0.25, -0.2) is 0 Å². The lowest BCUT2D eigenvalue weighted by Gasteiger charge is -2.40. The Morgan fingerprint density at radius 3 is 2.41 bits per heavy atom. The van der Waals surface area contributed by atoms with E-state index in [0.29, 0.717) is 21.8 Å². The second-order valence-electron chi connectivity index (χ2n) is 14.9. The number of rotatable bonds is 10. The van der Waals surface area contributed by atoms with E-state index in [4.69, 9.17) is 10.5 Å². The molecule has 7 atom stereocenters. The van der Waals surface area contributed by atoms with Crippen molar-refractivity contribution in [1.29, 1.82) is 0 Å². The molecule has 2 aliphatic heterocycles. The quantitative estimate of drug-likeness (QED) is 0.123. The number of anilines is 2. The van der Waals surface area contributed by atoms with Gasteiger partial charge in [0.2, 0.25) is 0 Å². The average molecular weight is 768 g/mol. The maximum absolute atomic E-state index is 7.62. The molecule has 0 saturated heterocycles. The summed E-state index contributed by atoms with van der Waals surface area (Å²) in [7, 11) is 0. The molecule has 3 aromatic carbocycles. The van der Waals surface area contributed by atoms with Crippen LogP contribution in [0, 0.1) is 11.8 Å². The molecule has 258 valence electrons. The fraction of sp³-hybridized carbons (Fsp3) is 0.455. The van der Waals surface area contributed by atoms with E-state index in [9.17, 15) is 0 Å². The average Bonchev–Trinajstić information content (AvgIpc) is 3.67. The van der Waals surface area contributed by atoms with E-state index in [2.05, 4.69) is 152 Å². The molecule has 0 spiro atoms. The van der Waals surface area contributed by atoms with E-state index in [1.807, 2.05) is 0 Å². The molecule has 3 N–H and O–H groups in total. The topological polar surface area (TPSA) is 50.5 Å². The van der Waals surface area contributed by atoms with E-state index in [1.165, 1.54) is 48.1 Å². The molecule has 49 heavy (non-hydrogen) atoms. The number of fused-ring (bicyclic) bond motifs is 1. The zero-order valence-corrected chi connectivity index (χ0v) is 31.9. The molecule has 0 saturated carbocycles. The highest BCUT2D eigenvalue weighted by Crippen LogP contribution is 2.53. The smallest absolute Gasteiger partial charge is 0.131 e. The summed E-state index contributed by atoms with van der Waals surface area (Å²) in [5.74, 6) is 1.66. The maximum atomic E-state index is 7.62. The number of alkyl halides is 1. The lowest BCUT2D eigenvalue weighted by atomic mass is 9.73. The Morgan fingerprint density at radius 1 is 1.00 bits per heavy atom. The zero-order chi connectivity index (χ0) is 34.1. The SMILES string of the molecule is C/C=C1/c2cc(N3C4=C(CCCC4)C(I)C3CC)cc(C(C(N)c3ccccc3)C(Nc3ccccc3)C3C=CCCC3)c2OC1C(C)C. The predicted molar refractivity (Wildman–Crippen MR) is 216 cm³/mol. The molecule has 0 fully saturated rings. The van der Waals surface area contributed by atoms with Crippen LogP contribution in [-0.4, -0.2) is 22.1 Å². The molecule has 7 rings (SSSR count). The Hall–Kier alpha value is -3.03. The third-order valence-electron chi connectivity index (χ3n) is 11.5. The number of ether oxygens (including phenoxy) is 1. The third kappa shape index (κ3) is 6.62. The van der Waals surface area contributed by atoms with Crippen molar-refractivity contribution in [2.75, 3.05) is 10.2 Å². The predicted octanol–water partition coefficient (Wildman–Crippen LogP) is 11.4. The second-order valence-corrected chi connectivity index (χ2v) is 16.2. The van der Waals surface area contributed by atoms with Gasteiger partial charge in [0, 0.05) is 52.2 Å². The van der Waals surface area contributed by atoms with Gasteiger partial charge >= 0.3 is 0 Å². The number of benzene rings is 3. The number of para-hydroxylation sites is 1. The summed E-state index contributed by atoms with van der Waals surface area (Å²) in [6, 6.07) is 26.8. The number of nitrogens with one attached hydrogen (secondary N) is 1. The van der Waals surface area contributed by atoms with Gasteiger partial charge in [0.1, 0.15) is 11.9 Å². The second kappa shape index (κ2) is 15.1. The van der Waals surface area contributed by atoms with Crippen LogP contribution >= 0.6 is 22.6 Å². The first kappa shape index (κ1) is 34.4. The minimum Gasteiger partial charge on any atom is -0.485 e. The largest absolute Gasteiger partial charge is 0.485 e. The normalized spacial score (nSPS) is 26.0. The van der Waals surface area contributed by atoms with Gasteiger partial charge in [-0.05, 0) is 111 Å². The number of hydrogen-bond donors (Lipinski definition) is 2. The van der Waals surface area contributed by atoms with Crippen molar-refractivity contribution < 1.29 is 4.74 Å². The van der Waals surface area contributed by atoms with Crippen LogP contribution in [0.5, 0.6) is 5.75 Å². The van der Waals surface area contributed by atoms with Gasteiger partial charge in [0.15, 0.2) is 0 Å². The first-order valence-electron chi connectivity index (χ1n) is 18.9. The van der Waals surface area contributed by atoms with Crippen molar-refractivity contribution in [2.24, 2.45) is 17.6 Å². The van der Waals surface area contributed by atoms with Gasteiger partial charge < -0.3 is 20.7 Å². The Morgan fingerprint density at radius 2 is 1.73 bits per heavy atom. The van der Waals surface area contributed by atoms with E-state index in [-0.39, 0.29) is 24.1 Å². The molecular formula is C44H54IN3O. The van der Waals surface area contributed by atoms with Crippen LogP contribution in [0.2, 0.25) is 0 Å². The summed E-state index contributed by atoms with van der Waals surface area (Å²) < 4.78 is 7.69. The molecule has 7 unspecified atom stereocenters. The van der Waals surface area contributed by atoms with Gasteiger partial charge in [-0.15, -0.1) is 0 Å². The van der Waals surface area contributed by atoms with Gasteiger partial charge in [0.25, 0.3) is 0 Å². The van der Waals surface area contributed by atoms with Crippen molar-refractivity contribution in [3.63, 3.8) is 0 Å². The first-order valence-corrected chi connectivity index (χ1v) is 20.1. The summed E-state index contributed by atoms with van der Waals surface area (Å²) in [5.41, 5.74) is 18.3. The lowest BCUT2D eigenvalue weighted by Crippen LogP contribution is -2.41. The van der Waals surface area contributed by atoms with Gasteiger partial charge in [-0.2, -0.15) is 0 Å². The monoisotopic (exact) mass is 767 g/mol. The van der Waals surface area contributed by atoms with Gasteiger partial charge in [-0.3, -0.25) is 0 Å². The summed E-state index contributed by atoms with van der Waals surface area (Å²) in [6.07, 6.45) is 16.7. The molecule has 4 nitrogen and oxygen atoms in total. The molecule has 0 radical (unpaired) electrons. The first-order chi connectivity index (χ1) is 23.9. The Kier molecular flexibility index (Phi) is 10.6. The summed E-state index contributed by atoms with van der Waals surface area (Å²) >= 11 is 2.75. The summed E-state index contributed by atoms with van der Waals surface area (Å²) in [4.78, 5) is 2.75. The summed E-state index contributed by atoms with van der Waals surface area (Å²) in [5, 5.41) is 4.08. The van der Waals surface area contributed by atoms with Gasteiger partial charge in [0.05, 0.1) is 3.92 Å². The highest BCUT2D eigenvalue weighted by Gasteiger charge is 2.44. The molecule has 4 aliphatic rings. The van der Waals surface area contributed by atoms with Crippen LogP contribution in [0.1, 0.15) is 108 Å². The molecule has 2 aliphatic carbocycles. The molecule has 5 heteroatoms. The van der Waals surface area contributed by atoms with Gasteiger partial charge in [-0.1, -0.05) is 110 Å². The van der Waals surface area contributed by atoms with Crippen molar-refractivity contribution >= 4 is 39.5 Å². The third-order valence-corrected chi connectivity index (χ3v) is 13.1. The van der Waals surface area contributed by atoms with Crippen molar-refractivity contribution in [3.05, 3.63) is 119 Å². The zero-order valence-electron chi connectivity index (χ0n) is 29.7. The fourth-order valence-corrected chi connectivity index (χ4v) is 10.6. The van der Waals surface area contributed by atoms with Crippen LogP contribution in [0.3, 0.4) is 0 Å². The van der Waals surface area contributed by atoms with E-state index in [0.717, 1.165) is 42.7 Å². The number of allylic oxidation sites excluding steroid dienone is 3. The van der Waals surface area contributed by atoms with Crippen LogP contribution < -0.4 is 20.7 Å². The minimum absolute atomic E-state index is 0.0139. The van der Waals surface area contributed by atoms with Crippen LogP contribution in [0.15, 0.2) is 102 Å². The molecule has 0 amide bonds. The van der Waals surface area contributed by atoms with E-state index in [1.54, 1.807) is 11.3 Å². The number of halogens is 1. The molecule has 0 bridgehead atoms. The maximum Gasteiger partial charge on any atom is 0.131 e. The van der Waals surface area contributed by atoms with Crippen LogP contribution in [0.25, 0.3) is 5.57 Å². The van der Waals surface area contributed by atoms with Crippen molar-refractivity contribution in [2.45, 2.75) is 113 Å². The molecule has 2 heterocycles. The van der Waals surface area contributed by atoms with E-state index >= 15 is 0 Å². The van der Waals surface area contributed by atoms with Crippen molar-refractivity contribution in [3.8, 4) is 5.75 Å². The van der Waals surface area contributed by atoms with E-state index < -0.39 is 0 Å². The lowest BCUT2D eigenvalue weighted by molar-refractivity contribution is 0.217. The Labute approximate surface area is 308 Å². The minimum atomic E-state index is -0.241. The standard InChI is InChI=1S/C44H54IN3O/c1-5-33-35-26-32(48-37(6-2)40(45)34-24-16-17-25-38(34)48)27-36(44(35)49-43(33)28(3)4)39(41(46)29-18-10-7-11-19-29)42(30-20-12-8-13-21-30)47-31-22-14-9-15-23-31/h5,7,9-12,14-15,18-20,22-23,26-28,30,37,39-43,47H,6,8,13,16-17,21,24-25,46H2,1-4H3/b33-5-. The molecule has 0 aromatic heterocycles. The Bertz CT molecular complexity index is 1700.